The Kier molecular flexibility index (Phi) is 7.95. The van der Waals surface area contributed by atoms with E-state index in [9.17, 15) is 14.4 Å². The maximum absolute atomic E-state index is 12.8. The van der Waals surface area contributed by atoms with Gasteiger partial charge in [0.1, 0.15) is 0 Å². The highest BCUT2D eigenvalue weighted by atomic mass is 35.5. The molecular formula is C25H32ClN7O3. The lowest BCUT2D eigenvalue weighted by atomic mass is 10.0. The van der Waals surface area contributed by atoms with Gasteiger partial charge in [-0.1, -0.05) is 25.4 Å². The Labute approximate surface area is 214 Å². The van der Waals surface area contributed by atoms with E-state index in [0.717, 1.165) is 24.2 Å². The van der Waals surface area contributed by atoms with Crippen molar-refractivity contribution in [2.24, 2.45) is 0 Å². The van der Waals surface area contributed by atoms with E-state index in [1.54, 1.807) is 27.8 Å². The second kappa shape index (κ2) is 11.1. The number of H-pyrrole nitrogens is 1. The van der Waals surface area contributed by atoms with Gasteiger partial charge in [-0.15, -0.1) is 0 Å². The van der Waals surface area contributed by atoms with Crippen LogP contribution in [0.15, 0.2) is 35.3 Å². The van der Waals surface area contributed by atoms with Crippen molar-refractivity contribution >= 4 is 40.3 Å². The third kappa shape index (κ3) is 5.39. The normalized spacial score (nSPS) is 14.5. The fraction of sp³-hybridized carbons (Fsp3) is 0.440. The minimum Gasteiger partial charge on any atom is -0.397 e. The molecule has 11 heteroatoms. The molecule has 0 aliphatic carbocycles. The van der Waals surface area contributed by atoms with Crippen molar-refractivity contribution in [1.82, 2.24) is 29.7 Å². The predicted octanol–water partition coefficient (Wildman–Crippen LogP) is 2.40. The number of nitrogens with one attached hydrogen (secondary N) is 2. The van der Waals surface area contributed by atoms with Crippen LogP contribution in [0.2, 0.25) is 5.02 Å². The van der Waals surface area contributed by atoms with Crippen molar-refractivity contribution in [2.75, 3.05) is 38.5 Å². The summed E-state index contributed by atoms with van der Waals surface area (Å²) in [6, 6.07) is 6.91. The molecule has 1 aliphatic heterocycles. The molecule has 1 aliphatic rings. The SMILES string of the molecule is CCN(CC)Cc1cc(C(=O)NCC(=O)N2CCC(n3c(=O)[nH]c4ncccc43)CC2)cc(Cl)c1N. The number of aromatic nitrogens is 3. The maximum Gasteiger partial charge on any atom is 0.327 e. The summed E-state index contributed by atoms with van der Waals surface area (Å²) in [5, 5.41) is 3.03. The first-order valence-electron chi connectivity index (χ1n) is 12.2. The molecule has 2 amide bonds. The summed E-state index contributed by atoms with van der Waals surface area (Å²) in [6.45, 7) is 7.28. The molecule has 192 valence electrons. The average molecular weight is 514 g/mol. The number of benzene rings is 1. The van der Waals surface area contributed by atoms with Crippen molar-refractivity contribution in [3.05, 3.63) is 57.1 Å². The first-order chi connectivity index (χ1) is 17.3. The number of amides is 2. The van der Waals surface area contributed by atoms with Crippen LogP contribution in [0.5, 0.6) is 0 Å². The van der Waals surface area contributed by atoms with Crippen LogP contribution in [0.1, 0.15) is 48.7 Å². The summed E-state index contributed by atoms with van der Waals surface area (Å²) in [6.07, 6.45) is 2.93. The first kappa shape index (κ1) is 25.7. The van der Waals surface area contributed by atoms with Gasteiger partial charge in [-0.3, -0.25) is 24.0 Å². The predicted molar refractivity (Wildman–Crippen MR) is 140 cm³/mol. The van der Waals surface area contributed by atoms with E-state index in [1.807, 2.05) is 6.07 Å². The van der Waals surface area contributed by atoms with Crippen LogP contribution in [0, 0.1) is 0 Å². The number of nitrogens with zero attached hydrogens (tertiary/aromatic N) is 4. The number of rotatable bonds is 8. The summed E-state index contributed by atoms with van der Waals surface area (Å²) in [5.41, 5.74) is 8.89. The van der Waals surface area contributed by atoms with E-state index < -0.39 is 0 Å². The van der Waals surface area contributed by atoms with Gasteiger partial charge in [0.05, 0.1) is 22.8 Å². The van der Waals surface area contributed by atoms with Crippen LogP contribution in [0.4, 0.5) is 5.69 Å². The van der Waals surface area contributed by atoms with Gasteiger partial charge in [0, 0.05) is 37.4 Å². The molecule has 0 bridgehead atoms. The van der Waals surface area contributed by atoms with Gasteiger partial charge in [0.25, 0.3) is 5.91 Å². The minimum absolute atomic E-state index is 0.0183. The molecule has 0 unspecified atom stereocenters. The fourth-order valence-corrected chi connectivity index (χ4v) is 4.93. The summed E-state index contributed by atoms with van der Waals surface area (Å²) < 4.78 is 1.73. The third-order valence-corrected chi connectivity index (χ3v) is 7.15. The Morgan fingerprint density at radius 1 is 1.25 bits per heavy atom. The number of fused-ring (bicyclic) bond motifs is 1. The number of pyridine rings is 1. The van der Waals surface area contributed by atoms with E-state index in [2.05, 4.69) is 34.0 Å². The second-order valence-electron chi connectivity index (χ2n) is 8.96. The molecule has 1 aromatic carbocycles. The first-order valence-corrected chi connectivity index (χ1v) is 12.6. The van der Waals surface area contributed by atoms with Gasteiger partial charge in [-0.2, -0.15) is 0 Å². The van der Waals surface area contributed by atoms with Crippen LogP contribution < -0.4 is 16.7 Å². The molecule has 36 heavy (non-hydrogen) atoms. The zero-order valence-electron chi connectivity index (χ0n) is 20.6. The van der Waals surface area contributed by atoms with Crippen molar-refractivity contribution < 1.29 is 9.59 Å². The zero-order valence-corrected chi connectivity index (χ0v) is 21.3. The molecule has 2 aromatic heterocycles. The van der Waals surface area contributed by atoms with Crippen LogP contribution in [0.3, 0.4) is 0 Å². The molecule has 1 saturated heterocycles. The number of likely N-dealkylation sites (tertiary alicyclic amines) is 1. The molecular weight excluding hydrogens is 482 g/mol. The monoisotopic (exact) mass is 513 g/mol. The van der Waals surface area contributed by atoms with Crippen molar-refractivity contribution in [1.29, 1.82) is 0 Å². The summed E-state index contributed by atoms with van der Waals surface area (Å²) >= 11 is 6.29. The van der Waals surface area contributed by atoms with Crippen molar-refractivity contribution in [3.63, 3.8) is 0 Å². The number of anilines is 1. The lowest BCUT2D eigenvalue weighted by Gasteiger charge is -2.32. The van der Waals surface area contributed by atoms with Crippen LogP contribution in [0.25, 0.3) is 11.2 Å². The molecule has 4 rings (SSSR count). The molecule has 0 atom stereocenters. The summed E-state index contributed by atoms with van der Waals surface area (Å²) in [5.74, 6) is -0.543. The number of carbonyl (C=O) groups is 2. The number of hydrogen-bond acceptors (Lipinski definition) is 6. The lowest BCUT2D eigenvalue weighted by molar-refractivity contribution is -0.131. The number of nitrogens with two attached hydrogens (primary N) is 1. The fourth-order valence-electron chi connectivity index (χ4n) is 4.69. The quantitative estimate of drug-likeness (QED) is 0.397. The Bertz CT molecular complexity index is 1310. The van der Waals surface area contributed by atoms with Crippen LogP contribution in [-0.4, -0.2) is 68.9 Å². The minimum atomic E-state index is -0.376. The van der Waals surface area contributed by atoms with Gasteiger partial charge in [0.2, 0.25) is 5.91 Å². The Balaban J connectivity index is 1.35. The molecule has 0 saturated carbocycles. The van der Waals surface area contributed by atoms with Gasteiger partial charge in [-0.25, -0.2) is 9.78 Å². The molecule has 0 spiro atoms. The molecule has 10 nitrogen and oxygen atoms in total. The van der Waals surface area contributed by atoms with Gasteiger partial charge >= 0.3 is 5.69 Å². The smallest absolute Gasteiger partial charge is 0.327 e. The van der Waals surface area contributed by atoms with Gasteiger partial charge < -0.3 is 16.0 Å². The number of aromatic amines is 1. The van der Waals surface area contributed by atoms with E-state index in [1.165, 1.54) is 6.07 Å². The van der Waals surface area contributed by atoms with E-state index in [0.29, 0.717) is 54.4 Å². The van der Waals surface area contributed by atoms with Gasteiger partial charge in [0.15, 0.2) is 5.65 Å². The number of halogens is 1. The molecule has 3 aromatic rings. The highest BCUT2D eigenvalue weighted by molar-refractivity contribution is 6.33. The number of piperidine rings is 1. The lowest BCUT2D eigenvalue weighted by Crippen LogP contribution is -2.45. The Hall–Kier alpha value is -3.37. The number of nitrogen functional groups attached to an aromatic ring is 1. The number of carbonyl (C=O) groups excluding carboxylic acids is 2. The molecule has 4 N–H and O–H groups in total. The Morgan fingerprint density at radius 2 is 1.97 bits per heavy atom. The molecule has 0 radical (unpaired) electrons. The van der Waals surface area contributed by atoms with Crippen LogP contribution >= 0.6 is 11.6 Å². The van der Waals surface area contributed by atoms with E-state index in [4.69, 9.17) is 17.3 Å². The third-order valence-electron chi connectivity index (χ3n) is 6.84. The zero-order chi connectivity index (χ0) is 25.8. The Morgan fingerprint density at radius 3 is 2.67 bits per heavy atom. The second-order valence-corrected chi connectivity index (χ2v) is 9.37. The molecule has 3 heterocycles. The highest BCUT2D eigenvalue weighted by Gasteiger charge is 2.26. The van der Waals surface area contributed by atoms with Crippen molar-refractivity contribution in [2.45, 2.75) is 39.3 Å². The average Bonchev–Trinajstić information content (AvgIpc) is 3.23. The van der Waals surface area contributed by atoms with Crippen molar-refractivity contribution in [3.8, 4) is 0 Å². The topological polar surface area (TPSA) is 129 Å². The summed E-state index contributed by atoms with van der Waals surface area (Å²) in [7, 11) is 0. The summed E-state index contributed by atoms with van der Waals surface area (Å²) in [4.78, 5) is 48.9. The number of imidazole rings is 1. The highest BCUT2D eigenvalue weighted by Crippen LogP contribution is 2.27. The number of hydrogen-bond donors (Lipinski definition) is 3. The van der Waals surface area contributed by atoms with E-state index >= 15 is 0 Å². The largest absolute Gasteiger partial charge is 0.397 e. The van der Waals surface area contributed by atoms with Gasteiger partial charge in [-0.05, 0) is 55.8 Å². The van der Waals surface area contributed by atoms with E-state index in [-0.39, 0.29) is 30.1 Å². The molecule has 1 fully saturated rings. The van der Waals surface area contributed by atoms with Crippen LogP contribution in [-0.2, 0) is 11.3 Å². The maximum atomic E-state index is 12.8. The standard InChI is InChI=1S/C25H32ClN7O3/c1-3-31(4-2)15-17-12-16(13-19(26)22(17)27)24(35)29-14-21(34)32-10-7-18(8-11-32)33-20-6-5-9-28-23(20)30-25(33)36/h5-6,9,12-13,18H,3-4,7-8,10-11,14-15,27H2,1-2H3,(H,29,35)(H,28,30,36).